The largest absolute Gasteiger partial charge is 0.354 e. The number of anilines is 1. The molecule has 2 rings (SSSR count). The van der Waals surface area contributed by atoms with Gasteiger partial charge in [-0.05, 0) is 32.4 Å². The standard InChI is InChI=1S/C17H23FN2O4/c1-3-23-17(24-4-2)15(22)9-14(21)12-5-6-16(19-10-12)20-8-7-13(18)11-20/h5-6,10,13,17H,3-4,7-9,11H2,1-2H3/t13-/m0/s1. The van der Waals surface area contributed by atoms with Crippen molar-refractivity contribution in [3.63, 3.8) is 0 Å². The number of Topliss-reactive ketones (excluding diaryl/α,β-unsaturated/α-hetero) is 2. The van der Waals surface area contributed by atoms with Gasteiger partial charge in [0.15, 0.2) is 11.6 Å². The van der Waals surface area contributed by atoms with Gasteiger partial charge in [-0.2, -0.15) is 0 Å². The molecule has 24 heavy (non-hydrogen) atoms. The van der Waals surface area contributed by atoms with Gasteiger partial charge in [0, 0.05) is 31.5 Å². The van der Waals surface area contributed by atoms with E-state index in [4.69, 9.17) is 9.47 Å². The molecule has 1 aromatic heterocycles. The Bertz CT molecular complexity index is 558. The highest BCUT2D eigenvalue weighted by molar-refractivity contribution is 6.08. The van der Waals surface area contributed by atoms with Crippen LogP contribution in [0.1, 0.15) is 37.0 Å². The van der Waals surface area contributed by atoms with Gasteiger partial charge >= 0.3 is 0 Å². The summed E-state index contributed by atoms with van der Waals surface area (Å²) >= 11 is 0. The molecule has 2 heterocycles. The van der Waals surface area contributed by atoms with Gasteiger partial charge in [0.2, 0.25) is 6.29 Å². The van der Waals surface area contributed by atoms with Crippen molar-refractivity contribution < 1.29 is 23.5 Å². The number of halogens is 1. The lowest BCUT2D eigenvalue weighted by atomic mass is 10.1. The number of nitrogens with zero attached hydrogens (tertiary/aromatic N) is 2. The lowest BCUT2D eigenvalue weighted by Crippen LogP contribution is -2.29. The molecule has 1 saturated heterocycles. The van der Waals surface area contributed by atoms with E-state index < -0.39 is 18.2 Å². The third kappa shape index (κ3) is 4.82. The highest BCUT2D eigenvalue weighted by Crippen LogP contribution is 2.20. The smallest absolute Gasteiger partial charge is 0.218 e. The molecule has 0 bridgehead atoms. The Kier molecular flexibility index (Phi) is 6.81. The van der Waals surface area contributed by atoms with Crippen LogP contribution in [0.15, 0.2) is 18.3 Å². The molecule has 0 spiro atoms. The second kappa shape index (κ2) is 8.84. The number of carbonyl (C=O) groups excluding carboxylic acids is 2. The summed E-state index contributed by atoms with van der Waals surface area (Å²) < 4.78 is 23.6. The number of pyridine rings is 1. The van der Waals surface area contributed by atoms with Gasteiger partial charge in [-0.3, -0.25) is 9.59 Å². The van der Waals surface area contributed by atoms with Crippen molar-refractivity contribution >= 4 is 17.4 Å². The molecule has 6 nitrogen and oxygen atoms in total. The van der Waals surface area contributed by atoms with Crippen molar-refractivity contribution in [3.8, 4) is 0 Å². The van der Waals surface area contributed by atoms with Crippen LogP contribution in [-0.4, -0.2) is 55.3 Å². The van der Waals surface area contributed by atoms with E-state index in [2.05, 4.69) is 4.98 Å². The van der Waals surface area contributed by atoms with E-state index in [0.717, 1.165) is 0 Å². The Morgan fingerprint density at radius 3 is 2.54 bits per heavy atom. The number of carbonyl (C=O) groups is 2. The number of aromatic nitrogens is 1. The maximum absolute atomic E-state index is 13.2. The minimum atomic E-state index is -1.01. The van der Waals surface area contributed by atoms with Crippen molar-refractivity contribution in [2.75, 3.05) is 31.2 Å². The predicted octanol–water partition coefficient (Wildman–Crippen LogP) is 2.17. The van der Waals surface area contributed by atoms with Crippen molar-refractivity contribution in [1.29, 1.82) is 0 Å². The molecule has 1 aliphatic rings. The van der Waals surface area contributed by atoms with E-state index in [0.29, 0.717) is 44.1 Å². The quantitative estimate of drug-likeness (QED) is 0.390. The van der Waals surface area contributed by atoms with E-state index in [1.54, 1.807) is 26.0 Å². The molecule has 0 N–H and O–H groups in total. The average Bonchev–Trinajstić information content (AvgIpc) is 3.01. The number of ether oxygens (including phenoxy) is 2. The number of hydrogen-bond donors (Lipinski definition) is 0. The summed E-state index contributed by atoms with van der Waals surface area (Å²) in [5.41, 5.74) is 0.342. The zero-order valence-corrected chi connectivity index (χ0v) is 14.0. The lowest BCUT2D eigenvalue weighted by molar-refractivity contribution is -0.166. The molecular formula is C17H23FN2O4. The van der Waals surface area contributed by atoms with E-state index in [-0.39, 0.29) is 12.2 Å². The summed E-state index contributed by atoms with van der Waals surface area (Å²) in [5.74, 6) is -0.111. The Morgan fingerprint density at radius 2 is 2.04 bits per heavy atom. The van der Waals surface area contributed by atoms with Crippen LogP contribution in [0.3, 0.4) is 0 Å². The maximum atomic E-state index is 13.2. The lowest BCUT2D eigenvalue weighted by Gasteiger charge is -2.16. The number of alkyl halides is 1. The maximum Gasteiger partial charge on any atom is 0.218 e. The second-order valence-electron chi connectivity index (χ2n) is 5.55. The topological polar surface area (TPSA) is 68.7 Å². The van der Waals surface area contributed by atoms with Crippen LogP contribution in [-0.2, 0) is 14.3 Å². The van der Waals surface area contributed by atoms with E-state index >= 15 is 0 Å². The first-order valence-electron chi connectivity index (χ1n) is 8.19. The van der Waals surface area contributed by atoms with Gasteiger partial charge in [-0.1, -0.05) is 0 Å². The van der Waals surface area contributed by atoms with Gasteiger partial charge in [-0.25, -0.2) is 9.37 Å². The van der Waals surface area contributed by atoms with E-state index in [9.17, 15) is 14.0 Å². The molecule has 0 aromatic carbocycles. The molecule has 1 fully saturated rings. The molecule has 0 amide bonds. The minimum absolute atomic E-state index is 0.304. The molecule has 1 aromatic rings. The van der Waals surface area contributed by atoms with Gasteiger partial charge in [0.25, 0.3) is 0 Å². The molecule has 1 atom stereocenters. The first-order chi connectivity index (χ1) is 11.5. The SMILES string of the molecule is CCOC(OCC)C(=O)CC(=O)c1ccc(N2CC[C@H](F)C2)nc1. The first-order valence-corrected chi connectivity index (χ1v) is 8.19. The van der Waals surface area contributed by atoms with Crippen LogP contribution in [0.5, 0.6) is 0 Å². The van der Waals surface area contributed by atoms with Crippen LogP contribution in [0.2, 0.25) is 0 Å². The van der Waals surface area contributed by atoms with E-state index in [1.807, 2.05) is 4.90 Å². The predicted molar refractivity (Wildman–Crippen MR) is 87.0 cm³/mol. The molecule has 0 radical (unpaired) electrons. The Balaban J connectivity index is 1.95. The van der Waals surface area contributed by atoms with Gasteiger partial charge in [0.05, 0.1) is 13.0 Å². The zero-order valence-electron chi connectivity index (χ0n) is 14.0. The normalized spacial score (nSPS) is 17.5. The Hall–Kier alpha value is -1.86. The summed E-state index contributed by atoms with van der Waals surface area (Å²) in [5, 5.41) is 0. The summed E-state index contributed by atoms with van der Waals surface area (Å²) in [7, 11) is 0. The highest BCUT2D eigenvalue weighted by atomic mass is 19.1. The second-order valence-corrected chi connectivity index (χ2v) is 5.55. The molecule has 1 aliphatic heterocycles. The van der Waals surface area contributed by atoms with Crippen LogP contribution in [0.4, 0.5) is 10.2 Å². The Labute approximate surface area is 141 Å². The van der Waals surface area contributed by atoms with Crippen molar-refractivity contribution in [2.45, 2.75) is 39.2 Å². The third-order valence-electron chi connectivity index (χ3n) is 3.76. The van der Waals surface area contributed by atoms with Gasteiger partial charge in [0.1, 0.15) is 12.0 Å². The van der Waals surface area contributed by atoms with Crippen molar-refractivity contribution in [1.82, 2.24) is 4.98 Å². The molecule has 132 valence electrons. The fourth-order valence-corrected chi connectivity index (χ4v) is 2.54. The molecule has 0 unspecified atom stereocenters. The highest BCUT2D eigenvalue weighted by Gasteiger charge is 2.24. The number of rotatable bonds is 9. The van der Waals surface area contributed by atoms with Crippen LogP contribution >= 0.6 is 0 Å². The summed E-state index contributed by atoms with van der Waals surface area (Å²) in [6.07, 6.45) is -0.232. The van der Waals surface area contributed by atoms with E-state index in [1.165, 1.54) is 6.20 Å². The first kappa shape index (κ1) is 18.5. The molecule has 7 heteroatoms. The van der Waals surface area contributed by atoms with Gasteiger partial charge in [-0.15, -0.1) is 0 Å². The number of hydrogen-bond acceptors (Lipinski definition) is 6. The van der Waals surface area contributed by atoms with Gasteiger partial charge < -0.3 is 14.4 Å². The number of ketones is 2. The molecule has 0 aliphatic carbocycles. The summed E-state index contributed by atoms with van der Waals surface area (Å²) in [6.45, 7) is 5.10. The fraction of sp³-hybridized carbons (Fsp3) is 0.588. The summed E-state index contributed by atoms with van der Waals surface area (Å²) in [4.78, 5) is 30.3. The minimum Gasteiger partial charge on any atom is -0.354 e. The fourth-order valence-electron chi connectivity index (χ4n) is 2.54. The van der Waals surface area contributed by atoms with Crippen LogP contribution in [0, 0.1) is 0 Å². The zero-order chi connectivity index (χ0) is 17.5. The Morgan fingerprint density at radius 1 is 1.33 bits per heavy atom. The molecular weight excluding hydrogens is 315 g/mol. The third-order valence-corrected chi connectivity index (χ3v) is 3.76. The monoisotopic (exact) mass is 338 g/mol. The van der Waals surface area contributed by atoms with Crippen molar-refractivity contribution in [2.24, 2.45) is 0 Å². The van der Waals surface area contributed by atoms with Crippen LogP contribution < -0.4 is 4.90 Å². The van der Waals surface area contributed by atoms with Crippen LogP contribution in [0.25, 0.3) is 0 Å². The molecule has 0 saturated carbocycles. The van der Waals surface area contributed by atoms with Crippen molar-refractivity contribution in [3.05, 3.63) is 23.9 Å². The summed E-state index contributed by atoms with van der Waals surface area (Å²) in [6, 6.07) is 3.29. The average molecular weight is 338 g/mol.